The number of rotatable bonds is 8. The van der Waals surface area contributed by atoms with Gasteiger partial charge in [-0.15, -0.1) is 5.10 Å². The molecule has 178 valence electrons. The van der Waals surface area contributed by atoms with Crippen LogP contribution in [-0.2, 0) is 11.2 Å². The molecule has 0 radical (unpaired) electrons. The zero-order chi connectivity index (χ0) is 23.6. The molecule has 1 aliphatic heterocycles. The molecule has 1 saturated heterocycles. The van der Waals surface area contributed by atoms with E-state index in [9.17, 15) is 25.5 Å². The maximum Gasteiger partial charge on any atom is 0.356 e. The Balaban J connectivity index is 1.94. The fraction of sp³-hybridized carbons (Fsp3) is 0.591. The third kappa shape index (κ3) is 4.75. The number of ether oxygens (including phenoxy) is 3. The first-order chi connectivity index (χ1) is 15.1. The minimum absolute atomic E-state index is 0.00640. The van der Waals surface area contributed by atoms with Crippen molar-refractivity contribution >= 4 is 0 Å². The Kier molecular flexibility index (Phi) is 7.43. The van der Waals surface area contributed by atoms with Crippen LogP contribution in [0.15, 0.2) is 24.3 Å². The Hall–Kier alpha value is -2.21. The molecule has 1 fully saturated rings. The summed E-state index contributed by atoms with van der Waals surface area (Å²) in [6, 6.07) is 7.50. The number of nitrogens with zero attached hydrogens (tertiary/aromatic N) is 2. The van der Waals surface area contributed by atoms with E-state index >= 15 is 0 Å². The molecule has 0 unspecified atom stereocenters. The average molecular weight is 453 g/mol. The summed E-state index contributed by atoms with van der Waals surface area (Å²) in [6.45, 7) is 7.51. The highest BCUT2D eigenvalue weighted by molar-refractivity contribution is 5.38. The van der Waals surface area contributed by atoms with Gasteiger partial charge in [0.2, 0.25) is 5.88 Å². The standard InChI is InChI=1S/C22H32N2O8/c1-5-30-15-8-6-14(7-9-15)10-16-13(4)24(12(2)3)23-21(16)32-22(29)20(28)19(27)18(26)17(11-25)31-22/h6-9,12,17-20,25-29H,5,10-11H2,1-4H3/t17-,18-,19+,20-,22-/m1/s1. The quantitative estimate of drug-likeness (QED) is 0.356. The van der Waals surface area contributed by atoms with Crippen LogP contribution in [0.3, 0.4) is 0 Å². The molecule has 5 N–H and O–H groups in total. The second-order valence-electron chi connectivity index (χ2n) is 8.16. The third-order valence-electron chi connectivity index (χ3n) is 5.51. The lowest BCUT2D eigenvalue weighted by Gasteiger charge is -2.43. The van der Waals surface area contributed by atoms with Crippen molar-refractivity contribution in [3.63, 3.8) is 0 Å². The van der Waals surface area contributed by atoms with Gasteiger partial charge in [-0.25, -0.2) is 0 Å². The fourth-order valence-corrected chi connectivity index (χ4v) is 3.74. The minimum atomic E-state index is -2.72. The highest BCUT2D eigenvalue weighted by Gasteiger charge is 2.55. The third-order valence-corrected chi connectivity index (χ3v) is 5.51. The van der Waals surface area contributed by atoms with Crippen LogP contribution in [-0.4, -0.2) is 78.9 Å². The van der Waals surface area contributed by atoms with Gasteiger partial charge in [0.25, 0.3) is 0 Å². The van der Waals surface area contributed by atoms with E-state index in [0.717, 1.165) is 17.0 Å². The normalized spacial score (nSPS) is 28.2. The van der Waals surface area contributed by atoms with Crippen molar-refractivity contribution in [2.75, 3.05) is 13.2 Å². The second kappa shape index (κ2) is 9.74. The highest BCUT2D eigenvalue weighted by atomic mass is 16.8. The van der Waals surface area contributed by atoms with Gasteiger partial charge in [-0.1, -0.05) is 12.1 Å². The van der Waals surface area contributed by atoms with Crippen molar-refractivity contribution < 1.29 is 39.7 Å². The van der Waals surface area contributed by atoms with Crippen molar-refractivity contribution in [1.29, 1.82) is 0 Å². The predicted octanol–water partition coefficient (Wildman–Crippen LogP) is 0.261. The Labute approximate surface area is 186 Å². The summed E-state index contributed by atoms with van der Waals surface area (Å²) in [7, 11) is 0. The molecule has 0 spiro atoms. The average Bonchev–Trinajstić information content (AvgIpc) is 3.06. The van der Waals surface area contributed by atoms with Crippen molar-refractivity contribution in [2.45, 2.75) is 70.5 Å². The zero-order valence-corrected chi connectivity index (χ0v) is 18.7. The first-order valence-electron chi connectivity index (χ1n) is 10.6. The van der Waals surface area contributed by atoms with Crippen molar-refractivity contribution in [2.24, 2.45) is 0 Å². The van der Waals surface area contributed by atoms with Crippen LogP contribution < -0.4 is 9.47 Å². The van der Waals surface area contributed by atoms with E-state index in [4.69, 9.17) is 14.2 Å². The lowest BCUT2D eigenvalue weighted by Crippen LogP contribution is -2.67. The smallest absolute Gasteiger partial charge is 0.356 e. The first kappa shape index (κ1) is 24.4. The monoisotopic (exact) mass is 452 g/mol. The van der Waals surface area contributed by atoms with Crippen LogP contribution in [0, 0.1) is 6.92 Å². The van der Waals surface area contributed by atoms with Crippen LogP contribution in [0.2, 0.25) is 0 Å². The van der Waals surface area contributed by atoms with Crippen LogP contribution in [0.25, 0.3) is 0 Å². The van der Waals surface area contributed by atoms with E-state index in [1.807, 2.05) is 52.0 Å². The van der Waals surface area contributed by atoms with E-state index < -0.39 is 37.0 Å². The van der Waals surface area contributed by atoms with Crippen LogP contribution in [0.4, 0.5) is 0 Å². The highest BCUT2D eigenvalue weighted by Crippen LogP contribution is 2.34. The van der Waals surface area contributed by atoms with Crippen molar-refractivity contribution in [3.8, 4) is 11.6 Å². The van der Waals surface area contributed by atoms with Gasteiger partial charge in [-0.2, -0.15) is 0 Å². The van der Waals surface area contributed by atoms with Gasteiger partial charge in [-0.3, -0.25) is 4.68 Å². The molecule has 0 aliphatic carbocycles. The molecule has 2 aromatic rings. The largest absolute Gasteiger partial charge is 0.494 e. The molecule has 10 nitrogen and oxygen atoms in total. The number of hydrogen-bond acceptors (Lipinski definition) is 9. The molecule has 2 heterocycles. The van der Waals surface area contributed by atoms with Crippen LogP contribution in [0.5, 0.6) is 11.6 Å². The second-order valence-corrected chi connectivity index (χ2v) is 8.16. The molecule has 1 aromatic heterocycles. The maximum atomic E-state index is 10.9. The van der Waals surface area contributed by atoms with E-state index in [1.54, 1.807) is 4.68 Å². The van der Waals surface area contributed by atoms with Crippen molar-refractivity contribution in [3.05, 3.63) is 41.1 Å². The molecule has 10 heteroatoms. The maximum absolute atomic E-state index is 10.9. The number of aliphatic hydroxyl groups excluding tert-OH is 4. The number of benzene rings is 1. The SMILES string of the molecule is CCOc1ccc(Cc2c(O[C@]3(O)O[C@H](CO)[C@@H](O)[C@H](O)[C@H]3O)nn(C(C)C)c2C)cc1. The Morgan fingerprint density at radius 1 is 1.16 bits per heavy atom. The van der Waals surface area contributed by atoms with Gasteiger partial charge < -0.3 is 39.7 Å². The van der Waals surface area contributed by atoms with Crippen molar-refractivity contribution in [1.82, 2.24) is 9.78 Å². The van der Waals surface area contributed by atoms with E-state index in [0.29, 0.717) is 18.6 Å². The zero-order valence-electron chi connectivity index (χ0n) is 18.7. The Bertz CT molecular complexity index is 898. The molecule has 0 saturated carbocycles. The molecular weight excluding hydrogens is 420 g/mol. The Morgan fingerprint density at radius 3 is 2.38 bits per heavy atom. The lowest BCUT2D eigenvalue weighted by atomic mass is 9.98. The van der Waals surface area contributed by atoms with E-state index in [-0.39, 0.29) is 11.9 Å². The molecular formula is C22H32N2O8. The number of hydrogen-bond donors (Lipinski definition) is 5. The molecule has 1 aromatic carbocycles. The van der Waals surface area contributed by atoms with Gasteiger partial charge in [0.15, 0.2) is 6.10 Å². The number of aliphatic hydroxyl groups is 5. The van der Waals surface area contributed by atoms with Gasteiger partial charge >= 0.3 is 5.97 Å². The molecule has 3 rings (SSSR count). The topological polar surface area (TPSA) is 147 Å². The molecule has 1 aliphatic rings. The summed E-state index contributed by atoms with van der Waals surface area (Å²) >= 11 is 0. The van der Waals surface area contributed by atoms with Gasteiger partial charge in [0.1, 0.15) is 24.1 Å². The molecule has 32 heavy (non-hydrogen) atoms. The molecule has 5 atom stereocenters. The first-order valence-corrected chi connectivity index (χ1v) is 10.6. The summed E-state index contributed by atoms with van der Waals surface area (Å²) in [6.07, 6.45) is -6.35. The number of aromatic nitrogens is 2. The van der Waals surface area contributed by atoms with Crippen LogP contribution in [0.1, 0.15) is 43.6 Å². The minimum Gasteiger partial charge on any atom is -0.494 e. The summed E-state index contributed by atoms with van der Waals surface area (Å²) in [5.74, 6) is -1.97. The summed E-state index contributed by atoms with van der Waals surface area (Å²) < 4.78 is 18.1. The van der Waals surface area contributed by atoms with E-state index in [2.05, 4.69) is 5.10 Å². The Morgan fingerprint density at radius 2 is 1.81 bits per heavy atom. The molecule has 0 amide bonds. The van der Waals surface area contributed by atoms with Gasteiger partial charge in [0.05, 0.1) is 13.2 Å². The molecule has 0 bridgehead atoms. The lowest BCUT2D eigenvalue weighted by molar-refractivity contribution is -0.423. The fourth-order valence-electron chi connectivity index (χ4n) is 3.74. The van der Waals surface area contributed by atoms with Crippen LogP contribution >= 0.6 is 0 Å². The summed E-state index contributed by atoms with van der Waals surface area (Å²) in [4.78, 5) is 0. The van der Waals surface area contributed by atoms with Gasteiger partial charge in [-0.05, 0) is 45.4 Å². The predicted molar refractivity (Wildman–Crippen MR) is 113 cm³/mol. The van der Waals surface area contributed by atoms with E-state index in [1.165, 1.54) is 0 Å². The van der Waals surface area contributed by atoms with Gasteiger partial charge in [0, 0.05) is 23.7 Å². The summed E-state index contributed by atoms with van der Waals surface area (Å²) in [5.41, 5.74) is 2.37. The summed E-state index contributed by atoms with van der Waals surface area (Å²) in [5, 5.41) is 55.1.